The van der Waals surface area contributed by atoms with Crippen LogP contribution in [0.5, 0.6) is 0 Å². The molecule has 0 amide bonds. The van der Waals surface area contributed by atoms with E-state index >= 15 is 0 Å². The molecule has 0 aliphatic heterocycles. The van der Waals surface area contributed by atoms with Crippen LogP contribution in [0.2, 0.25) is 0 Å². The maximum Gasteiger partial charge on any atom is 0.116 e. The molecule has 1 aromatic rings. The summed E-state index contributed by atoms with van der Waals surface area (Å²) in [7, 11) is 0. The lowest BCUT2D eigenvalue weighted by Crippen LogP contribution is -2.23. The first kappa shape index (κ1) is 14.6. The highest BCUT2D eigenvalue weighted by Gasteiger charge is 1.99. The van der Waals surface area contributed by atoms with Crippen LogP contribution in [0, 0.1) is 18.3 Å². The topological polar surface area (TPSA) is 59.0 Å². The van der Waals surface area contributed by atoms with Gasteiger partial charge in [0.1, 0.15) is 6.04 Å². The summed E-state index contributed by atoms with van der Waals surface area (Å²) in [5.74, 6) is 0. The van der Waals surface area contributed by atoms with Gasteiger partial charge in [0.25, 0.3) is 0 Å². The van der Waals surface area contributed by atoms with Crippen LogP contribution >= 0.6 is 0 Å². The number of rotatable bonds is 4. The molecule has 1 atom stereocenters. The van der Waals surface area contributed by atoms with Gasteiger partial charge in [0.2, 0.25) is 0 Å². The zero-order chi connectivity index (χ0) is 12.4. The van der Waals surface area contributed by atoms with Gasteiger partial charge in [0.05, 0.1) is 19.3 Å². The van der Waals surface area contributed by atoms with E-state index in [0.29, 0.717) is 6.61 Å². The lowest BCUT2D eigenvalue weighted by Gasteiger charge is -2.05. The lowest BCUT2D eigenvalue weighted by atomic mass is 10.1. The molecule has 0 saturated heterocycles. The average molecular weight is 222 g/mol. The van der Waals surface area contributed by atoms with E-state index < -0.39 is 6.04 Å². The third kappa shape index (κ3) is 6.18. The molecule has 0 spiro atoms. The summed E-state index contributed by atoms with van der Waals surface area (Å²) in [6.45, 7) is 6.83. The Kier molecular flexibility index (Phi) is 8.14. The predicted octanol–water partition coefficient (Wildman–Crippen LogP) is 2.63. The van der Waals surface area contributed by atoms with Crippen molar-refractivity contribution in [1.82, 2.24) is 0 Å². The van der Waals surface area contributed by atoms with Gasteiger partial charge < -0.3 is 10.5 Å². The SMILES string of the molecule is CC.Cc1cccc(COCC(N)C#N)c1.[HH]. The Morgan fingerprint density at radius 3 is 2.75 bits per heavy atom. The molecule has 0 heterocycles. The Bertz CT molecular complexity index is 336. The van der Waals surface area contributed by atoms with Gasteiger partial charge in [0.15, 0.2) is 0 Å². The Balaban J connectivity index is 0. The highest BCUT2D eigenvalue weighted by molar-refractivity contribution is 5.21. The molecule has 1 aromatic carbocycles. The quantitative estimate of drug-likeness (QED) is 0.852. The van der Waals surface area contributed by atoms with Crippen molar-refractivity contribution in [2.75, 3.05) is 6.61 Å². The summed E-state index contributed by atoms with van der Waals surface area (Å²) in [4.78, 5) is 0. The number of benzene rings is 1. The third-order valence-corrected chi connectivity index (χ3v) is 1.81. The number of nitrogens with two attached hydrogens (primary N) is 1. The van der Waals surface area contributed by atoms with Gasteiger partial charge in [-0.2, -0.15) is 5.26 Å². The Morgan fingerprint density at radius 2 is 2.19 bits per heavy atom. The molecule has 3 heteroatoms. The number of nitrogens with zero attached hydrogens (tertiary/aromatic N) is 1. The van der Waals surface area contributed by atoms with E-state index in [1.807, 2.05) is 45.0 Å². The van der Waals surface area contributed by atoms with Crippen molar-refractivity contribution in [3.63, 3.8) is 0 Å². The Hall–Kier alpha value is -1.37. The first-order chi connectivity index (χ1) is 7.72. The van der Waals surface area contributed by atoms with Gasteiger partial charge in [-0.15, -0.1) is 0 Å². The normalized spacial score (nSPS) is 10.9. The van der Waals surface area contributed by atoms with Crippen LogP contribution < -0.4 is 5.73 Å². The Morgan fingerprint density at radius 1 is 1.50 bits per heavy atom. The molecule has 0 radical (unpaired) electrons. The van der Waals surface area contributed by atoms with E-state index in [9.17, 15) is 0 Å². The molecule has 1 unspecified atom stereocenters. The summed E-state index contributed by atoms with van der Waals surface area (Å²) in [6.07, 6.45) is 0. The molecule has 0 aliphatic rings. The van der Waals surface area contributed by atoms with E-state index in [4.69, 9.17) is 15.7 Å². The van der Waals surface area contributed by atoms with Crippen molar-refractivity contribution >= 4 is 0 Å². The second-order valence-electron chi connectivity index (χ2n) is 3.24. The van der Waals surface area contributed by atoms with Crippen molar-refractivity contribution in [1.29, 1.82) is 5.26 Å². The number of ether oxygens (including phenoxy) is 1. The molecule has 0 bridgehead atoms. The maximum absolute atomic E-state index is 8.42. The molecule has 2 N–H and O–H groups in total. The summed E-state index contributed by atoms with van der Waals surface area (Å²) in [6, 6.07) is 9.45. The molecule has 0 aromatic heterocycles. The number of hydrogen-bond acceptors (Lipinski definition) is 3. The van der Waals surface area contributed by atoms with Gasteiger partial charge >= 0.3 is 0 Å². The molecule has 90 valence electrons. The number of aryl methyl sites for hydroxylation is 1. The molecular formula is C13H22N2O. The molecular weight excluding hydrogens is 200 g/mol. The van der Waals surface area contributed by atoms with Crippen molar-refractivity contribution in [2.24, 2.45) is 5.73 Å². The monoisotopic (exact) mass is 222 g/mol. The van der Waals surface area contributed by atoms with Crippen LogP contribution in [0.15, 0.2) is 24.3 Å². The summed E-state index contributed by atoms with van der Waals surface area (Å²) >= 11 is 0. The van der Waals surface area contributed by atoms with E-state index in [1.165, 1.54) is 5.56 Å². The smallest absolute Gasteiger partial charge is 0.116 e. The number of nitriles is 1. The van der Waals surface area contributed by atoms with Crippen molar-refractivity contribution in [2.45, 2.75) is 33.4 Å². The van der Waals surface area contributed by atoms with Crippen LogP contribution in [0.4, 0.5) is 0 Å². The average Bonchev–Trinajstić information content (AvgIpc) is 2.31. The van der Waals surface area contributed by atoms with E-state index in [2.05, 4.69) is 6.07 Å². The van der Waals surface area contributed by atoms with Gasteiger partial charge in [-0.1, -0.05) is 43.7 Å². The number of hydrogen-bond donors (Lipinski definition) is 1. The van der Waals surface area contributed by atoms with Crippen LogP contribution in [-0.4, -0.2) is 12.6 Å². The molecule has 0 aliphatic carbocycles. The first-order valence-corrected chi connectivity index (χ1v) is 5.51. The standard InChI is InChI=1S/C11H14N2O.C2H6.H2/c1-9-3-2-4-10(5-9)7-14-8-11(13)6-12;1-2;/h2-5,11H,7-8,13H2,1H3;1-2H3;1H. The van der Waals surface area contributed by atoms with Crippen molar-refractivity contribution < 1.29 is 6.16 Å². The van der Waals surface area contributed by atoms with Crippen molar-refractivity contribution in [3.8, 4) is 6.07 Å². The summed E-state index contributed by atoms with van der Waals surface area (Å²) < 4.78 is 5.28. The van der Waals surface area contributed by atoms with Crippen LogP contribution in [0.25, 0.3) is 0 Å². The fourth-order valence-corrected chi connectivity index (χ4v) is 1.14. The highest BCUT2D eigenvalue weighted by atomic mass is 16.5. The second kappa shape index (κ2) is 8.90. The van der Waals surface area contributed by atoms with E-state index in [1.54, 1.807) is 0 Å². The summed E-state index contributed by atoms with van der Waals surface area (Å²) in [5.41, 5.74) is 7.69. The van der Waals surface area contributed by atoms with Crippen LogP contribution in [0.1, 0.15) is 26.4 Å². The van der Waals surface area contributed by atoms with Gasteiger partial charge in [0, 0.05) is 1.43 Å². The minimum Gasteiger partial charge on any atom is -0.374 e. The highest BCUT2D eigenvalue weighted by Crippen LogP contribution is 2.05. The van der Waals surface area contributed by atoms with Gasteiger partial charge in [-0.05, 0) is 12.5 Å². The minimum atomic E-state index is -0.528. The zero-order valence-electron chi connectivity index (χ0n) is 10.2. The van der Waals surface area contributed by atoms with Crippen LogP contribution in [0.3, 0.4) is 0 Å². The summed E-state index contributed by atoms with van der Waals surface area (Å²) in [5, 5.41) is 8.42. The molecule has 0 fully saturated rings. The molecule has 0 saturated carbocycles. The van der Waals surface area contributed by atoms with E-state index in [0.717, 1.165) is 5.56 Å². The fourth-order valence-electron chi connectivity index (χ4n) is 1.14. The Labute approximate surface area is 99.3 Å². The molecule has 16 heavy (non-hydrogen) atoms. The van der Waals surface area contributed by atoms with Gasteiger partial charge in [-0.25, -0.2) is 0 Å². The maximum atomic E-state index is 8.42. The molecule has 1 rings (SSSR count). The lowest BCUT2D eigenvalue weighted by molar-refractivity contribution is 0.117. The second-order valence-corrected chi connectivity index (χ2v) is 3.24. The largest absolute Gasteiger partial charge is 0.374 e. The zero-order valence-corrected chi connectivity index (χ0v) is 10.2. The van der Waals surface area contributed by atoms with Gasteiger partial charge in [-0.3, -0.25) is 0 Å². The molecule has 3 nitrogen and oxygen atoms in total. The predicted molar refractivity (Wildman–Crippen MR) is 67.9 cm³/mol. The fraction of sp³-hybridized carbons (Fsp3) is 0.462. The minimum absolute atomic E-state index is 0. The van der Waals surface area contributed by atoms with Crippen LogP contribution in [-0.2, 0) is 11.3 Å². The first-order valence-electron chi connectivity index (χ1n) is 5.51. The third-order valence-electron chi connectivity index (χ3n) is 1.81. The van der Waals surface area contributed by atoms with Crippen molar-refractivity contribution in [3.05, 3.63) is 35.4 Å². The van der Waals surface area contributed by atoms with E-state index in [-0.39, 0.29) is 8.03 Å².